The summed E-state index contributed by atoms with van der Waals surface area (Å²) in [6.07, 6.45) is 2.61. The second-order valence-corrected chi connectivity index (χ2v) is 4.01. The Bertz CT molecular complexity index is 468. The lowest BCUT2D eigenvalue weighted by atomic mass is 10.2. The van der Waals surface area contributed by atoms with Crippen molar-refractivity contribution in [2.45, 2.75) is 39.2 Å². The summed E-state index contributed by atoms with van der Waals surface area (Å²) in [5, 5.41) is 0. The fourth-order valence-corrected chi connectivity index (χ4v) is 2.01. The first-order chi connectivity index (χ1) is 6.61. The van der Waals surface area contributed by atoms with E-state index in [1.54, 1.807) is 0 Å². The van der Waals surface area contributed by atoms with Gasteiger partial charge < -0.3 is 4.98 Å². The van der Waals surface area contributed by atoms with Crippen molar-refractivity contribution in [1.82, 2.24) is 9.55 Å². The lowest BCUT2D eigenvalue weighted by Crippen LogP contribution is -2.38. The summed E-state index contributed by atoms with van der Waals surface area (Å²) in [4.78, 5) is 26.2. The molecular formula is C10H14N2O2. The van der Waals surface area contributed by atoms with Crippen LogP contribution in [0, 0.1) is 0 Å². The number of hydrogen-bond acceptors (Lipinski definition) is 2. The van der Waals surface area contributed by atoms with Crippen molar-refractivity contribution in [1.29, 1.82) is 0 Å². The van der Waals surface area contributed by atoms with Gasteiger partial charge >= 0.3 is 5.69 Å². The van der Waals surface area contributed by atoms with E-state index in [2.05, 4.69) is 4.98 Å². The molecule has 1 aromatic rings. The summed E-state index contributed by atoms with van der Waals surface area (Å²) in [6.45, 7) is 3.69. The van der Waals surface area contributed by atoms with E-state index in [1.807, 2.05) is 13.8 Å². The lowest BCUT2D eigenvalue weighted by Gasteiger charge is -2.09. The predicted octanol–water partition coefficient (Wildman–Crippen LogP) is 0.606. The maximum atomic E-state index is 11.9. The van der Waals surface area contributed by atoms with Crippen LogP contribution in [0.4, 0.5) is 0 Å². The molecule has 1 heterocycles. The second kappa shape index (κ2) is 3.12. The van der Waals surface area contributed by atoms with Gasteiger partial charge in [-0.15, -0.1) is 0 Å². The van der Waals surface area contributed by atoms with Gasteiger partial charge in [0.1, 0.15) is 0 Å². The van der Waals surface area contributed by atoms with Crippen molar-refractivity contribution >= 4 is 0 Å². The van der Waals surface area contributed by atoms with Gasteiger partial charge in [0.05, 0.1) is 0 Å². The summed E-state index contributed by atoms with van der Waals surface area (Å²) < 4.78 is 1.30. The maximum Gasteiger partial charge on any atom is 0.328 e. The summed E-state index contributed by atoms with van der Waals surface area (Å²) in [6, 6.07) is -0.0721. The summed E-state index contributed by atoms with van der Waals surface area (Å²) in [5.41, 5.74) is 1.28. The number of aryl methyl sites for hydroxylation is 1. The summed E-state index contributed by atoms with van der Waals surface area (Å²) in [5.74, 6) is 0. The average molecular weight is 194 g/mol. The fraction of sp³-hybridized carbons (Fsp3) is 0.600. The van der Waals surface area contributed by atoms with Gasteiger partial charge in [0.2, 0.25) is 0 Å². The Morgan fingerprint density at radius 2 is 2.00 bits per heavy atom. The van der Waals surface area contributed by atoms with Crippen LogP contribution in [0.3, 0.4) is 0 Å². The van der Waals surface area contributed by atoms with Crippen LogP contribution < -0.4 is 11.2 Å². The lowest BCUT2D eigenvalue weighted by molar-refractivity contribution is 0.540. The molecule has 1 aliphatic rings. The Morgan fingerprint density at radius 3 is 2.64 bits per heavy atom. The number of hydrogen-bond donors (Lipinski definition) is 1. The van der Waals surface area contributed by atoms with Crippen LogP contribution in [0.5, 0.6) is 0 Å². The molecule has 4 nitrogen and oxygen atoms in total. The third-order valence-corrected chi connectivity index (χ3v) is 2.69. The fourth-order valence-electron chi connectivity index (χ4n) is 2.01. The Kier molecular flexibility index (Phi) is 2.06. The Hall–Kier alpha value is -1.32. The molecule has 0 radical (unpaired) electrons. The summed E-state index contributed by atoms with van der Waals surface area (Å²) >= 11 is 0. The standard InChI is InChI=1S/C10H14N2O2/c1-6(2)12-9(13)7-4-3-5-8(7)11-10(12)14/h6H,3-5H2,1-2H3,(H,11,14). The molecule has 0 amide bonds. The van der Waals surface area contributed by atoms with Crippen LogP contribution in [0.25, 0.3) is 0 Å². The molecule has 2 rings (SSSR count). The van der Waals surface area contributed by atoms with Gasteiger partial charge in [0.15, 0.2) is 0 Å². The van der Waals surface area contributed by atoms with Gasteiger partial charge in [-0.1, -0.05) is 0 Å². The van der Waals surface area contributed by atoms with E-state index in [4.69, 9.17) is 0 Å². The number of nitrogens with one attached hydrogen (secondary N) is 1. The van der Waals surface area contributed by atoms with E-state index < -0.39 is 0 Å². The van der Waals surface area contributed by atoms with E-state index in [0.29, 0.717) is 0 Å². The molecule has 1 N–H and O–H groups in total. The molecule has 0 saturated carbocycles. The largest absolute Gasteiger partial charge is 0.328 e. The Labute approximate surface area is 81.6 Å². The molecule has 1 aromatic heterocycles. The van der Waals surface area contributed by atoms with E-state index in [1.165, 1.54) is 4.57 Å². The molecule has 4 heteroatoms. The van der Waals surface area contributed by atoms with E-state index in [-0.39, 0.29) is 17.3 Å². The first-order valence-electron chi connectivity index (χ1n) is 4.98. The van der Waals surface area contributed by atoms with Gasteiger partial charge in [-0.25, -0.2) is 4.79 Å². The zero-order valence-corrected chi connectivity index (χ0v) is 8.46. The smallest absolute Gasteiger partial charge is 0.311 e. The number of rotatable bonds is 1. The van der Waals surface area contributed by atoms with Crippen LogP contribution in [0.1, 0.15) is 37.6 Å². The first-order valence-corrected chi connectivity index (χ1v) is 4.98. The molecule has 0 aromatic carbocycles. The van der Waals surface area contributed by atoms with Gasteiger partial charge in [0, 0.05) is 17.3 Å². The number of nitrogens with zero attached hydrogens (tertiary/aromatic N) is 1. The minimum absolute atomic E-state index is 0.0721. The highest BCUT2D eigenvalue weighted by Crippen LogP contribution is 2.14. The molecule has 0 unspecified atom stereocenters. The highest BCUT2D eigenvalue weighted by atomic mass is 16.2. The molecular weight excluding hydrogens is 180 g/mol. The van der Waals surface area contributed by atoms with Crippen molar-refractivity contribution in [3.8, 4) is 0 Å². The highest BCUT2D eigenvalue weighted by Gasteiger charge is 2.19. The normalized spacial score (nSPS) is 14.8. The third kappa shape index (κ3) is 1.22. The molecule has 76 valence electrons. The van der Waals surface area contributed by atoms with Crippen molar-refractivity contribution in [2.75, 3.05) is 0 Å². The van der Waals surface area contributed by atoms with Crippen molar-refractivity contribution < 1.29 is 0 Å². The highest BCUT2D eigenvalue weighted by molar-refractivity contribution is 5.21. The van der Waals surface area contributed by atoms with Crippen LogP contribution in [0.15, 0.2) is 9.59 Å². The maximum absolute atomic E-state index is 11.9. The number of aromatic nitrogens is 2. The van der Waals surface area contributed by atoms with Gasteiger partial charge in [0.25, 0.3) is 5.56 Å². The topological polar surface area (TPSA) is 54.9 Å². The molecule has 0 fully saturated rings. The van der Waals surface area contributed by atoms with E-state index in [0.717, 1.165) is 30.5 Å². The Morgan fingerprint density at radius 1 is 1.29 bits per heavy atom. The van der Waals surface area contributed by atoms with Crippen LogP contribution in [0.2, 0.25) is 0 Å². The number of aromatic amines is 1. The zero-order chi connectivity index (χ0) is 10.3. The monoisotopic (exact) mass is 194 g/mol. The van der Waals surface area contributed by atoms with Gasteiger partial charge in [-0.2, -0.15) is 0 Å². The molecule has 0 spiro atoms. The SMILES string of the molecule is CC(C)n1c(=O)[nH]c2c(c1=O)CCC2. The predicted molar refractivity (Wildman–Crippen MR) is 53.7 cm³/mol. The first kappa shape index (κ1) is 9.24. The van der Waals surface area contributed by atoms with Crippen molar-refractivity contribution in [3.05, 3.63) is 32.1 Å². The molecule has 1 aliphatic carbocycles. The molecule has 0 aliphatic heterocycles. The van der Waals surface area contributed by atoms with Crippen LogP contribution in [-0.2, 0) is 12.8 Å². The third-order valence-electron chi connectivity index (χ3n) is 2.69. The van der Waals surface area contributed by atoms with Crippen LogP contribution >= 0.6 is 0 Å². The quantitative estimate of drug-likeness (QED) is 0.712. The van der Waals surface area contributed by atoms with E-state index in [9.17, 15) is 9.59 Å². The molecule has 14 heavy (non-hydrogen) atoms. The van der Waals surface area contributed by atoms with Crippen molar-refractivity contribution in [3.63, 3.8) is 0 Å². The minimum Gasteiger partial charge on any atom is -0.311 e. The van der Waals surface area contributed by atoms with Crippen LogP contribution in [-0.4, -0.2) is 9.55 Å². The molecule has 0 bridgehead atoms. The van der Waals surface area contributed by atoms with Gasteiger partial charge in [-0.3, -0.25) is 9.36 Å². The molecule has 0 saturated heterocycles. The zero-order valence-electron chi connectivity index (χ0n) is 8.46. The minimum atomic E-state index is -0.273. The summed E-state index contributed by atoms with van der Waals surface area (Å²) in [7, 11) is 0. The average Bonchev–Trinajstić information content (AvgIpc) is 2.50. The second-order valence-electron chi connectivity index (χ2n) is 4.01. The number of H-pyrrole nitrogens is 1. The van der Waals surface area contributed by atoms with Crippen molar-refractivity contribution in [2.24, 2.45) is 0 Å². The van der Waals surface area contributed by atoms with E-state index >= 15 is 0 Å². The number of fused-ring (bicyclic) bond motifs is 1. The Balaban J connectivity index is 2.76. The molecule has 0 atom stereocenters. The van der Waals surface area contributed by atoms with Gasteiger partial charge in [-0.05, 0) is 33.1 Å².